The lowest BCUT2D eigenvalue weighted by Gasteiger charge is -2.45. The largest absolute Gasteiger partial charge is 0.363 e. The van der Waals surface area contributed by atoms with Crippen molar-refractivity contribution in [2.24, 2.45) is 0 Å². The van der Waals surface area contributed by atoms with Crippen LogP contribution in [0.3, 0.4) is 0 Å². The molecule has 0 aliphatic carbocycles. The highest BCUT2D eigenvalue weighted by Gasteiger charge is 2.30. The fourth-order valence-electron chi connectivity index (χ4n) is 2.73. The summed E-state index contributed by atoms with van der Waals surface area (Å²) in [5.41, 5.74) is 1.22. The minimum atomic E-state index is 0.169. The van der Waals surface area contributed by atoms with Crippen molar-refractivity contribution in [3.05, 3.63) is 28.7 Å². The molecule has 1 heterocycles. The standard InChI is InChI=1S/C14H19BrN2O/c1-10-8-16(12(3)18)9-11(2)17(10)14-6-4-5-13(15)7-14/h4-7,10-11H,8-9H2,1-3H3/t10-,11+. The number of rotatable bonds is 1. The molecule has 2 rings (SSSR count). The van der Waals surface area contributed by atoms with Gasteiger partial charge in [0.15, 0.2) is 0 Å². The Kier molecular flexibility index (Phi) is 3.95. The molecule has 2 atom stereocenters. The van der Waals surface area contributed by atoms with E-state index in [1.165, 1.54) is 5.69 Å². The number of nitrogens with zero attached hydrogens (tertiary/aromatic N) is 2. The Morgan fingerprint density at radius 1 is 1.28 bits per heavy atom. The van der Waals surface area contributed by atoms with Crippen molar-refractivity contribution in [3.8, 4) is 0 Å². The highest BCUT2D eigenvalue weighted by atomic mass is 79.9. The lowest BCUT2D eigenvalue weighted by atomic mass is 10.1. The monoisotopic (exact) mass is 310 g/mol. The zero-order chi connectivity index (χ0) is 13.3. The molecule has 0 radical (unpaired) electrons. The van der Waals surface area contributed by atoms with Gasteiger partial charge in [0.25, 0.3) is 0 Å². The van der Waals surface area contributed by atoms with Crippen LogP contribution in [-0.4, -0.2) is 36.0 Å². The smallest absolute Gasteiger partial charge is 0.219 e. The van der Waals surface area contributed by atoms with Crippen molar-refractivity contribution in [2.45, 2.75) is 32.9 Å². The summed E-state index contributed by atoms with van der Waals surface area (Å²) in [6.07, 6.45) is 0. The number of anilines is 1. The first-order valence-electron chi connectivity index (χ1n) is 6.28. The highest BCUT2D eigenvalue weighted by Crippen LogP contribution is 2.27. The summed E-state index contributed by atoms with van der Waals surface area (Å²) in [7, 11) is 0. The number of amides is 1. The van der Waals surface area contributed by atoms with E-state index < -0.39 is 0 Å². The molecule has 4 heteroatoms. The molecular formula is C14H19BrN2O. The van der Waals surface area contributed by atoms with Gasteiger partial charge in [0.1, 0.15) is 0 Å². The van der Waals surface area contributed by atoms with Crippen LogP contribution < -0.4 is 4.90 Å². The van der Waals surface area contributed by atoms with Gasteiger partial charge in [0, 0.05) is 42.3 Å². The third-order valence-electron chi connectivity index (χ3n) is 3.47. The summed E-state index contributed by atoms with van der Waals surface area (Å²) < 4.78 is 1.09. The van der Waals surface area contributed by atoms with Crippen LogP contribution in [0.25, 0.3) is 0 Å². The maximum atomic E-state index is 11.5. The zero-order valence-corrected chi connectivity index (χ0v) is 12.6. The first kappa shape index (κ1) is 13.4. The number of carbonyl (C=O) groups excluding carboxylic acids is 1. The van der Waals surface area contributed by atoms with Crippen molar-refractivity contribution in [1.82, 2.24) is 4.90 Å². The van der Waals surface area contributed by atoms with Gasteiger partial charge in [-0.15, -0.1) is 0 Å². The molecule has 1 saturated heterocycles. The van der Waals surface area contributed by atoms with Crippen LogP contribution >= 0.6 is 15.9 Å². The minimum Gasteiger partial charge on any atom is -0.363 e. The van der Waals surface area contributed by atoms with Gasteiger partial charge in [-0.25, -0.2) is 0 Å². The van der Waals surface area contributed by atoms with Crippen LogP contribution in [-0.2, 0) is 4.79 Å². The van der Waals surface area contributed by atoms with Gasteiger partial charge in [0.05, 0.1) is 0 Å². The summed E-state index contributed by atoms with van der Waals surface area (Å²) in [6.45, 7) is 7.59. The Bertz CT molecular complexity index is 437. The topological polar surface area (TPSA) is 23.6 Å². The molecule has 0 bridgehead atoms. The Morgan fingerprint density at radius 3 is 2.39 bits per heavy atom. The van der Waals surface area contributed by atoms with Crippen molar-refractivity contribution < 1.29 is 4.79 Å². The molecule has 1 amide bonds. The van der Waals surface area contributed by atoms with Crippen molar-refractivity contribution in [2.75, 3.05) is 18.0 Å². The molecule has 1 aromatic carbocycles. The summed E-state index contributed by atoms with van der Waals surface area (Å²) >= 11 is 3.51. The van der Waals surface area contributed by atoms with E-state index in [1.54, 1.807) is 6.92 Å². The fraction of sp³-hybridized carbons (Fsp3) is 0.500. The maximum Gasteiger partial charge on any atom is 0.219 e. The van der Waals surface area contributed by atoms with Gasteiger partial charge in [-0.2, -0.15) is 0 Å². The van der Waals surface area contributed by atoms with Crippen LogP contribution in [0.4, 0.5) is 5.69 Å². The van der Waals surface area contributed by atoms with Gasteiger partial charge in [0.2, 0.25) is 5.91 Å². The highest BCUT2D eigenvalue weighted by molar-refractivity contribution is 9.10. The van der Waals surface area contributed by atoms with Crippen LogP contribution in [0.1, 0.15) is 20.8 Å². The molecule has 1 aromatic rings. The third-order valence-corrected chi connectivity index (χ3v) is 3.96. The summed E-state index contributed by atoms with van der Waals surface area (Å²) in [4.78, 5) is 15.8. The summed E-state index contributed by atoms with van der Waals surface area (Å²) in [5, 5.41) is 0. The Labute approximate surface area is 117 Å². The molecule has 0 aromatic heterocycles. The van der Waals surface area contributed by atoms with Gasteiger partial charge in [-0.3, -0.25) is 4.79 Å². The van der Waals surface area contributed by atoms with Gasteiger partial charge in [-0.1, -0.05) is 22.0 Å². The molecule has 1 fully saturated rings. The van der Waals surface area contributed by atoms with Crippen LogP contribution in [0.15, 0.2) is 28.7 Å². The molecule has 1 aliphatic heterocycles. The number of piperazine rings is 1. The summed E-state index contributed by atoms with van der Waals surface area (Å²) in [6, 6.07) is 9.03. The number of halogens is 1. The minimum absolute atomic E-state index is 0.169. The number of carbonyl (C=O) groups is 1. The van der Waals surface area contributed by atoms with Gasteiger partial charge in [-0.05, 0) is 32.0 Å². The van der Waals surface area contributed by atoms with Crippen molar-refractivity contribution in [1.29, 1.82) is 0 Å². The van der Waals surface area contributed by atoms with E-state index in [0.717, 1.165) is 17.6 Å². The Morgan fingerprint density at radius 2 is 1.89 bits per heavy atom. The predicted molar refractivity (Wildman–Crippen MR) is 77.8 cm³/mol. The fourth-order valence-corrected chi connectivity index (χ4v) is 3.11. The normalized spacial score (nSPS) is 24.2. The molecule has 0 saturated carbocycles. The molecule has 0 unspecified atom stereocenters. The Hall–Kier alpha value is -1.03. The van der Waals surface area contributed by atoms with E-state index in [4.69, 9.17) is 0 Å². The quantitative estimate of drug-likeness (QED) is 0.796. The lowest BCUT2D eigenvalue weighted by Crippen LogP contribution is -2.58. The second kappa shape index (κ2) is 5.31. The first-order chi connectivity index (χ1) is 8.49. The molecular weight excluding hydrogens is 292 g/mol. The van der Waals surface area contributed by atoms with E-state index in [1.807, 2.05) is 11.0 Å². The van der Waals surface area contributed by atoms with Crippen molar-refractivity contribution >= 4 is 27.5 Å². The van der Waals surface area contributed by atoms with Crippen LogP contribution in [0.5, 0.6) is 0 Å². The van der Waals surface area contributed by atoms with E-state index in [-0.39, 0.29) is 5.91 Å². The number of hydrogen-bond acceptors (Lipinski definition) is 2. The molecule has 1 aliphatic rings. The first-order valence-corrected chi connectivity index (χ1v) is 7.07. The Balaban J connectivity index is 2.22. The SMILES string of the molecule is CC(=O)N1C[C@@H](C)N(c2cccc(Br)c2)[C@@H](C)C1. The molecule has 18 heavy (non-hydrogen) atoms. The predicted octanol–water partition coefficient (Wildman–Crippen LogP) is 2.89. The van der Waals surface area contributed by atoms with Gasteiger partial charge < -0.3 is 9.80 Å². The van der Waals surface area contributed by atoms with Crippen LogP contribution in [0, 0.1) is 0 Å². The van der Waals surface area contributed by atoms with E-state index in [9.17, 15) is 4.79 Å². The third kappa shape index (κ3) is 2.69. The second-order valence-corrected chi connectivity index (χ2v) is 5.92. The number of hydrogen-bond donors (Lipinski definition) is 0. The number of benzene rings is 1. The van der Waals surface area contributed by atoms with Gasteiger partial charge >= 0.3 is 0 Å². The van der Waals surface area contributed by atoms with E-state index in [0.29, 0.717) is 12.1 Å². The molecule has 0 N–H and O–H groups in total. The van der Waals surface area contributed by atoms with Crippen molar-refractivity contribution in [3.63, 3.8) is 0 Å². The second-order valence-electron chi connectivity index (χ2n) is 5.01. The lowest BCUT2D eigenvalue weighted by molar-refractivity contribution is -0.130. The molecule has 0 spiro atoms. The van der Waals surface area contributed by atoms with E-state index in [2.05, 4.69) is 52.9 Å². The summed E-state index contributed by atoms with van der Waals surface area (Å²) in [5.74, 6) is 0.169. The average Bonchev–Trinajstić information content (AvgIpc) is 2.27. The maximum absolute atomic E-state index is 11.5. The molecule has 98 valence electrons. The molecule has 3 nitrogen and oxygen atoms in total. The average molecular weight is 311 g/mol. The van der Waals surface area contributed by atoms with E-state index >= 15 is 0 Å². The zero-order valence-electron chi connectivity index (χ0n) is 11.1. The van der Waals surface area contributed by atoms with Crippen LogP contribution in [0.2, 0.25) is 0 Å².